The highest BCUT2D eigenvalue weighted by molar-refractivity contribution is 6.04. The lowest BCUT2D eigenvalue weighted by atomic mass is 10.0. The Morgan fingerprint density at radius 1 is 1.19 bits per heavy atom. The number of nitrogens with two attached hydrogens (primary N) is 2. The van der Waals surface area contributed by atoms with Crippen molar-refractivity contribution in [2.45, 2.75) is 13.3 Å². The van der Waals surface area contributed by atoms with Crippen molar-refractivity contribution >= 4 is 22.9 Å². The minimum absolute atomic E-state index is 0.209. The number of carbonyl (C=O) groups excluding carboxylic acids is 1. The quantitative estimate of drug-likeness (QED) is 0.442. The molecule has 2 rings (SSSR count). The molecule has 1 heterocycles. The van der Waals surface area contributed by atoms with Crippen molar-refractivity contribution in [3.05, 3.63) is 71.8 Å². The largest absolute Gasteiger partial charge is 0.394 e. The van der Waals surface area contributed by atoms with E-state index in [1.807, 2.05) is 19.1 Å². The average molecular weight is 366 g/mol. The summed E-state index contributed by atoms with van der Waals surface area (Å²) >= 11 is 0. The first-order chi connectivity index (χ1) is 12.9. The lowest BCUT2D eigenvalue weighted by Gasteiger charge is -2.18. The van der Waals surface area contributed by atoms with Crippen LogP contribution in [0.3, 0.4) is 0 Å². The molecule has 7 nitrogen and oxygen atoms in total. The van der Waals surface area contributed by atoms with Crippen LogP contribution >= 0.6 is 0 Å². The number of hydrogen-bond acceptors (Lipinski definition) is 6. The molecular weight excluding hydrogens is 340 g/mol. The van der Waals surface area contributed by atoms with Crippen LogP contribution in [0.25, 0.3) is 11.3 Å². The Balaban J connectivity index is 2.12. The molecule has 0 fully saturated rings. The Morgan fingerprint density at radius 3 is 2.30 bits per heavy atom. The molecule has 0 bridgehead atoms. The van der Waals surface area contributed by atoms with Gasteiger partial charge in [-0.15, -0.1) is 0 Å². The van der Waals surface area contributed by atoms with E-state index in [2.05, 4.69) is 22.2 Å². The van der Waals surface area contributed by atoms with Gasteiger partial charge in [-0.1, -0.05) is 25.6 Å². The van der Waals surface area contributed by atoms with Crippen LogP contribution in [0, 0.1) is 0 Å². The first kappa shape index (κ1) is 20.0. The van der Waals surface area contributed by atoms with Crippen LogP contribution in [0.4, 0.5) is 5.69 Å². The Hall–Kier alpha value is -3.32. The molecule has 1 amide bonds. The minimum Gasteiger partial charge on any atom is -0.394 e. The van der Waals surface area contributed by atoms with Crippen LogP contribution in [-0.4, -0.2) is 30.0 Å². The zero-order chi connectivity index (χ0) is 20.0. The number of hydrogen-bond donors (Lipinski definition) is 4. The number of rotatable bonds is 7. The first-order valence-electron chi connectivity index (χ1n) is 8.59. The van der Waals surface area contributed by atoms with Crippen molar-refractivity contribution in [3.8, 4) is 0 Å². The van der Waals surface area contributed by atoms with Gasteiger partial charge in [0.1, 0.15) is 5.82 Å². The van der Waals surface area contributed by atoms with Gasteiger partial charge in [0, 0.05) is 19.7 Å². The summed E-state index contributed by atoms with van der Waals surface area (Å²) in [5.41, 5.74) is 10.3. The highest BCUT2D eigenvalue weighted by atomic mass is 16.1. The summed E-state index contributed by atoms with van der Waals surface area (Å²) in [6, 6.07) is 10.8. The SMILES string of the molecule is C=C(CC)c1ccc(C(=O)Nc2ccc(/C(N)=C(\NC)N(C)N)nc2)cc1. The van der Waals surface area contributed by atoms with E-state index in [1.54, 1.807) is 44.6 Å². The molecule has 142 valence electrons. The number of amides is 1. The number of benzene rings is 1. The standard InChI is InChI=1S/C20H26N6O/c1-5-13(2)14-6-8-15(9-7-14)20(27)25-16-10-11-17(24-12-16)18(21)19(23-3)26(4)22/h6-12,23H,2,5,21-22H2,1,3-4H3,(H,25,27)/b19-18-. The van der Waals surface area contributed by atoms with Crippen molar-refractivity contribution in [1.82, 2.24) is 15.3 Å². The predicted molar refractivity (Wildman–Crippen MR) is 110 cm³/mol. The maximum Gasteiger partial charge on any atom is 0.255 e. The molecule has 0 unspecified atom stereocenters. The molecule has 0 saturated heterocycles. The topological polar surface area (TPSA) is 109 Å². The number of pyridine rings is 1. The third-order valence-corrected chi connectivity index (χ3v) is 4.12. The second-order valence-corrected chi connectivity index (χ2v) is 6.04. The van der Waals surface area contributed by atoms with Gasteiger partial charge in [-0.25, -0.2) is 5.84 Å². The highest BCUT2D eigenvalue weighted by Gasteiger charge is 2.10. The van der Waals surface area contributed by atoms with E-state index in [0.717, 1.165) is 17.6 Å². The van der Waals surface area contributed by atoms with Crippen molar-refractivity contribution in [3.63, 3.8) is 0 Å². The van der Waals surface area contributed by atoms with Crippen LogP contribution < -0.4 is 22.2 Å². The average Bonchev–Trinajstić information content (AvgIpc) is 2.68. The second-order valence-electron chi connectivity index (χ2n) is 6.04. The molecule has 0 spiro atoms. The van der Waals surface area contributed by atoms with E-state index in [9.17, 15) is 4.79 Å². The molecule has 6 N–H and O–H groups in total. The van der Waals surface area contributed by atoms with Gasteiger partial charge in [-0.05, 0) is 41.8 Å². The van der Waals surface area contributed by atoms with Gasteiger partial charge >= 0.3 is 0 Å². The van der Waals surface area contributed by atoms with Crippen molar-refractivity contribution in [2.24, 2.45) is 11.6 Å². The van der Waals surface area contributed by atoms with Crippen LogP contribution in [0.5, 0.6) is 0 Å². The number of nitrogens with one attached hydrogen (secondary N) is 2. The molecule has 0 aliphatic heterocycles. The Morgan fingerprint density at radius 2 is 1.81 bits per heavy atom. The third kappa shape index (κ3) is 4.86. The van der Waals surface area contributed by atoms with Crippen LogP contribution in [0.2, 0.25) is 0 Å². The van der Waals surface area contributed by atoms with Gasteiger partial charge in [0.25, 0.3) is 5.91 Å². The zero-order valence-corrected chi connectivity index (χ0v) is 15.9. The third-order valence-electron chi connectivity index (χ3n) is 4.12. The van der Waals surface area contributed by atoms with Crippen molar-refractivity contribution in [1.29, 1.82) is 0 Å². The molecule has 7 heteroatoms. The summed E-state index contributed by atoms with van der Waals surface area (Å²) in [6.07, 6.45) is 2.42. The number of allylic oxidation sites excluding steroid dienone is 1. The van der Waals surface area contributed by atoms with E-state index in [0.29, 0.717) is 28.5 Å². The van der Waals surface area contributed by atoms with E-state index in [1.165, 1.54) is 5.01 Å². The van der Waals surface area contributed by atoms with Gasteiger partial charge in [0.2, 0.25) is 0 Å². The van der Waals surface area contributed by atoms with Crippen molar-refractivity contribution in [2.75, 3.05) is 19.4 Å². The molecular formula is C20H26N6O. The molecule has 1 aromatic carbocycles. The summed E-state index contributed by atoms with van der Waals surface area (Å²) in [7, 11) is 3.40. The predicted octanol–water partition coefficient (Wildman–Crippen LogP) is 2.37. The molecule has 0 atom stereocenters. The summed E-state index contributed by atoms with van der Waals surface area (Å²) in [6.45, 7) is 6.05. The number of carbonyl (C=O) groups is 1. The fourth-order valence-electron chi connectivity index (χ4n) is 2.51. The van der Waals surface area contributed by atoms with Gasteiger partial charge in [-0.2, -0.15) is 0 Å². The minimum atomic E-state index is -0.209. The lowest BCUT2D eigenvalue weighted by Crippen LogP contribution is -2.34. The van der Waals surface area contributed by atoms with Crippen LogP contribution in [-0.2, 0) is 0 Å². The molecule has 2 aromatic rings. The number of anilines is 1. The van der Waals surface area contributed by atoms with Crippen LogP contribution in [0.15, 0.2) is 55.0 Å². The molecule has 0 saturated carbocycles. The molecule has 27 heavy (non-hydrogen) atoms. The first-order valence-corrected chi connectivity index (χ1v) is 8.59. The lowest BCUT2D eigenvalue weighted by molar-refractivity contribution is 0.102. The zero-order valence-electron chi connectivity index (χ0n) is 15.9. The molecule has 0 radical (unpaired) electrons. The fraction of sp³-hybridized carbons (Fsp3) is 0.200. The second kappa shape index (κ2) is 8.86. The Bertz CT molecular complexity index is 838. The molecule has 0 aliphatic rings. The normalized spacial score (nSPS) is 11.4. The summed E-state index contributed by atoms with van der Waals surface area (Å²) < 4.78 is 0. The fourth-order valence-corrected chi connectivity index (χ4v) is 2.51. The maximum atomic E-state index is 12.4. The summed E-state index contributed by atoms with van der Waals surface area (Å²) in [5, 5.41) is 7.12. The Labute approximate surface area is 159 Å². The van der Waals surface area contributed by atoms with Crippen molar-refractivity contribution < 1.29 is 4.79 Å². The Kier molecular flexibility index (Phi) is 6.56. The highest BCUT2D eigenvalue weighted by Crippen LogP contribution is 2.18. The maximum absolute atomic E-state index is 12.4. The van der Waals surface area contributed by atoms with Gasteiger partial charge in [0.15, 0.2) is 0 Å². The number of hydrazine groups is 1. The van der Waals surface area contributed by atoms with E-state index in [-0.39, 0.29) is 5.91 Å². The van der Waals surface area contributed by atoms with Gasteiger partial charge in [0.05, 0.1) is 23.3 Å². The van der Waals surface area contributed by atoms with E-state index < -0.39 is 0 Å². The van der Waals surface area contributed by atoms with Crippen LogP contribution in [0.1, 0.15) is 35.0 Å². The summed E-state index contributed by atoms with van der Waals surface area (Å²) in [4.78, 5) is 16.7. The molecule has 0 aliphatic carbocycles. The summed E-state index contributed by atoms with van der Waals surface area (Å²) in [5.74, 6) is 6.07. The van der Waals surface area contributed by atoms with Gasteiger partial charge in [-0.3, -0.25) is 14.8 Å². The van der Waals surface area contributed by atoms with E-state index in [4.69, 9.17) is 11.6 Å². The monoisotopic (exact) mass is 366 g/mol. The van der Waals surface area contributed by atoms with Gasteiger partial charge < -0.3 is 16.4 Å². The van der Waals surface area contributed by atoms with E-state index >= 15 is 0 Å². The number of nitrogens with zero attached hydrogens (tertiary/aromatic N) is 2. The molecule has 1 aromatic heterocycles. The smallest absolute Gasteiger partial charge is 0.255 e. The number of aromatic nitrogens is 1.